The Balaban J connectivity index is 1.97. The fraction of sp³-hybridized carbons (Fsp3) is 0.278. The van der Waals surface area contributed by atoms with Gasteiger partial charge < -0.3 is 5.32 Å². The largest absolute Gasteiger partial charge is 0.323 e. The number of hydrogen-bond donors (Lipinski definition) is 1. The number of aryl methyl sites for hydroxylation is 2. The highest BCUT2D eigenvalue weighted by Gasteiger charge is 2.12. The van der Waals surface area contributed by atoms with Gasteiger partial charge in [-0.3, -0.25) is 9.69 Å². The molecule has 0 aliphatic heterocycles. The van der Waals surface area contributed by atoms with Crippen LogP contribution in [0.4, 0.5) is 5.69 Å². The van der Waals surface area contributed by atoms with Crippen LogP contribution in [0.25, 0.3) is 0 Å². The van der Waals surface area contributed by atoms with E-state index in [4.69, 9.17) is 23.2 Å². The van der Waals surface area contributed by atoms with Crippen LogP contribution in [0.1, 0.15) is 16.7 Å². The first-order valence-corrected chi connectivity index (χ1v) is 8.10. The average molecular weight is 351 g/mol. The number of rotatable bonds is 5. The number of nitrogens with one attached hydrogen (secondary N) is 1. The molecular weight excluding hydrogens is 331 g/mol. The lowest BCUT2D eigenvalue weighted by Gasteiger charge is -2.18. The molecule has 122 valence electrons. The van der Waals surface area contributed by atoms with Crippen LogP contribution in [0.3, 0.4) is 0 Å². The van der Waals surface area contributed by atoms with Gasteiger partial charge in [0.2, 0.25) is 5.91 Å². The minimum atomic E-state index is -0.0941. The van der Waals surface area contributed by atoms with Crippen molar-refractivity contribution in [3.05, 3.63) is 63.1 Å². The van der Waals surface area contributed by atoms with Crippen molar-refractivity contribution in [1.82, 2.24) is 4.90 Å². The molecule has 1 amide bonds. The molecular formula is C18H20Cl2N2O. The van der Waals surface area contributed by atoms with E-state index >= 15 is 0 Å². The van der Waals surface area contributed by atoms with E-state index in [9.17, 15) is 4.79 Å². The lowest BCUT2D eigenvalue weighted by Crippen LogP contribution is -2.30. The number of hydrogen-bond acceptors (Lipinski definition) is 2. The second kappa shape index (κ2) is 7.82. The Hall–Kier alpha value is -1.55. The third-order valence-electron chi connectivity index (χ3n) is 3.45. The molecule has 5 heteroatoms. The zero-order valence-electron chi connectivity index (χ0n) is 13.5. The summed E-state index contributed by atoms with van der Waals surface area (Å²) in [7, 11) is 1.89. The van der Waals surface area contributed by atoms with E-state index in [0.29, 0.717) is 22.3 Å². The Bertz CT molecular complexity index is 693. The Morgan fingerprint density at radius 3 is 2.57 bits per heavy atom. The summed E-state index contributed by atoms with van der Waals surface area (Å²) in [6.07, 6.45) is 0. The molecule has 0 aliphatic rings. The van der Waals surface area contributed by atoms with Crippen LogP contribution in [-0.4, -0.2) is 24.4 Å². The van der Waals surface area contributed by atoms with Crippen molar-refractivity contribution in [2.75, 3.05) is 18.9 Å². The molecule has 2 rings (SSSR count). The average Bonchev–Trinajstić information content (AvgIpc) is 2.42. The molecule has 23 heavy (non-hydrogen) atoms. The Morgan fingerprint density at radius 1 is 1.17 bits per heavy atom. The molecule has 3 nitrogen and oxygen atoms in total. The topological polar surface area (TPSA) is 32.3 Å². The summed E-state index contributed by atoms with van der Waals surface area (Å²) in [5, 5.41) is 4.16. The second-order valence-electron chi connectivity index (χ2n) is 5.79. The Morgan fingerprint density at radius 2 is 1.91 bits per heavy atom. The van der Waals surface area contributed by atoms with Crippen LogP contribution in [0.15, 0.2) is 36.4 Å². The Labute approximate surface area is 147 Å². The maximum absolute atomic E-state index is 12.2. The van der Waals surface area contributed by atoms with E-state index in [0.717, 1.165) is 16.7 Å². The number of benzene rings is 2. The maximum atomic E-state index is 12.2. The van der Waals surface area contributed by atoms with Gasteiger partial charge in [-0.25, -0.2) is 0 Å². The van der Waals surface area contributed by atoms with Gasteiger partial charge in [-0.1, -0.05) is 41.4 Å². The van der Waals surface area contributed by atoms with E-state index < -0.39 is 0 Å². The van der Waals surface area contributed by atoms with Gasteiger partial charge in [0.1, 0.15) is 0 Å². The summed E-state index contributed by atoms with van der Waals surface area (Å²) in [6, 6.07) is 11.5. The molecule has 0 heterocycles. The molecule has 0 aromatic heterocycles. The quantitative estimate of drug-likeness (QED) is 0.848. The molecule has 2 aromatic rings. The fourth-order valence-corrected chi connectivity index (χ4v) is 3.08. The van der Waals surface area contributed by atoms with Crippen LogP contribution in [0, 0.1) is 13.8 Å². The highest BCUT2D eigenvalue weighted by Crippen LogP contribution is 2.27. The molecule has 0 aliphatic carbocycles. The van der Waals surface area contributed by atoms with Gasteiger partial charge in [0.15, 0.2) is 0 Å². The van der Waals surface area contributed by atoms with Crippen molar-refractivity contribution in [2.45, 2.75) is 20.4 Å². The maximum Gasteiger partial charge on any atom is 0.238 e. The second-order valence-corrected chi connectivity index (χ2v) is 6.63. The van der Waals surface area contributed by atoms with Crippen molar-refractivity contribution in [1.29, 1.82) is 0 Å². The molecule has 2 aromatic carbocycles. The van der Waals surface area contributed by atoms with Crippen molar-refractivity contribution in [3.8, 4) is 0 Å². The van der Waals surface area contributed by atoms with Crippen LogP contribution in [-0.2, 0) is 11.3 Å². The zero-order valence-corrected chi connectivity index (χ0v) is 15.0. The number of nitrogens with zero attached hydrogens (tertiary/aromatic N) is 1. The van der Waals surface area contributed by atoms with Crippen molar-refractivity contribution in [2.24, 2.45) is 0 Å². The molecule has 0 saturated carbocycles. The van der Waals surface area contributed by atoms with Gasteiger partial charge in [0, 0.05) is 11.6 Å². The first-order chi connectivity index (χ1) is 10.8. The molecule has 1 N–H and O–H groups in total. The predicted molar refractivity (Wildman–Crippen MR) is 97.3 cm³/mol. The van der Waals surface area contributed by atoms with Crippen LogP contribution < -0.4 is 5.32 Å². The van der Waals surface area contributed by atoms with Crippen LogP contribution in [0.5, 0.6) is 0 Å². The molecule has 0 unspecified atom stereocenters. The van der Waals surface area contributed by atoms with E-state index in [1.807, 2.05) is 62.2 Å². The molecule has 0 radical (unpaired) electrons. The Kier molecular flexibility index (Phi) is 6.05. The minimum Gasteiger partial charge on any atom is -0.323 e. The summed E-state index contributed by atoms with van der Waals surface area (Å²) in [6.45, 7) is 4.83. The number of likely N-dealkylation sites (N-methyl/N-ethyl adjacent to an activating group) is 1. The SMILES string of the molecule is Cc1cc(C)c(NC(=O)CN(C)Cc2cccc(Cl)c2)c(Cl)c1. The molecule has 0 bridgehead atoms. The van der Waals surface area contributed by atoms with Gasteiger partial charge in [-0.2, -0.15) is 0 Å². The molecule has 0 saturated heterocycles. The lowest BCUT2D eigenvalue weighted by molar-refractivity contribution is -0.117. The van der Waals surface area contributed by atoms with E-state index in [1.165, 1.54) is 0 Å². The normalized spacial score (nSPS) is 10.9. The zero-order chi connectivity index (χ0) is 17.0. The van der Waals surface area contributed by atoms with Crippen molar-refractivity contribution in [3.63, 3.8) is 0 Å². The van der Waals surface area contributed by atoms with Gasteiger partial charge in [-0.05, 0) is 55.8 Å². The summed E-state index contributed by atoms with van der Waals surface area (Å²) in [5.41, 5.74) is 3.78. The first kappa shape index (κ1) is 17.8. The predicted octanol–water partition coefficient (Wildman–Crippen LogP) is 4.68. The molecule has 0 atom stereocenters. The summed E-state index contributed by atoms with van der Waals surface area (Å²) in [5.74, 6) is -0.0941. The smallest absolute Gasteiger partial charge is 0.238 e. The fourth-order valence-electron chi connectivity index (χ4n) is 2.50. The highest BCUT2D eigenvalue weighted by atomic mass is 35.5. The van der Waals surface area contributed by atoms with Gasteiger partial charge in [0.05, 0.1) is 17.3 Å². The molecule has 0 fully saturated rings. The third kappa shape index (κ3) is 5.24. The molecule has 0 spiro atoms. The number of anilines is 1. The summed E-state index contributed by atoms with van der Waals surface area (Å²) in [4.78, 5) is 14.2. The summed E-state index contributed by atoms with van der Waals surface area (Å²) < 4.78 is 0. The standard InChI is InChI=1S/C18H20Cl2N2O/c1-12-7-13(2)18(16(20)8-12)21-17(23)11-22(3)10-14-5-4-6-15(19)9-14/h4-9H,10-11H2,1-3H3,(H,21,23). The van der Waals surface area contributed by atoms with Gasteiger partial charge >= 0.3 is 0 Å². The van der Waals surface area contributed by atoms with E-state index in [-0.39, 0.29) is 12.5 Å². The number of halogens is 2. The van der Waals surface area contributed by atoms with E-state index in [1.54, 1.807) is 0 Å². The minimum absolute atomic E-state index is 0.0941. The van der Waals surface area contributed by atoms with Gasteiger partial charge in [0.25, 0.3) is 0 Å². The van der Waals surface area contributed by atoms with Gasteiger partial charge in [-0.15, -0.1) is 0 Å². The third-order valence-corrected chi connectivity index (χ3v) is 3.98. The number of carbonyl (C=O) groups excluding carboxylic acids is 1. The number of amides is 1. The van der Waals surface area contributed by atoms with Crippen LogP contribution in [0.2, 0.25) is 10.0 Å². The van der Waals surface area contributed by atoms with Crippen molar-refractivity contribution < 1.29 is 4.79 Å². The van der Waals surface area contributed by atoms with Crippen molar-refractivity contribution >= 4 is 34.8 Å². The highest BCUT2D eigenvalue weighted by molar-refractivity contribution is 6.34. The lowest BCUT2D eigenvalue weighted by atomic mass is 10.1. The van der Waals surface area contributed by atoms with Crippen LogP contribution >= 0.6 is 23.2 Å². The van der Waals surface area contributed by atoms with E-state index in [2.05, 4.69) is 5.32 Å². The monoisotopic (exact) mass is 350 g/mol. The summed E-state index contributed by atoms with van der Waals surface area (Å²) >= 11 is 12.2. The number of carbonyl (C=O) groups is 1. The first-order valence-electron chi connectivity index (χ1n) is 7.34.